The Morgan fingerprint density at radius 3 is 2.21 bits per heavy atom. The lowest BCUT2D eigenvalue weighted by Crippen LogP contribution is -2.35. The fourth-order valence-electron chi connectivity index (χ4n) is 3.71. The van der Waals surface area contributed by atoms with Crippen LogP contribution in [0.1, 0.15) is 24.2 Å². The third-order valence-corrected chi connectivity index (χ3v) is 7.27. The Bertz CT molecular complexity index is 1010. The number of sulfone groups is 1. The van der Waals surface area contributed by atoms with E-state index in [0.717, 1.165) is 5.56 Å². The van der Waals surface area contributed by atoms with E-state index in [1.165, 1.54) is 0 Å². The SMILES string of the molecule is C[C@H]1ON(Cc2ccccc2)[C@@H](c2ccccn2)[C@@H]1S(=O)(=O)c1ccccc1. The summed E-state index contributed by atoms with van der Waals surface area (Å²) < 4.78 is 27.0. The van der Waals surface area contributed by atoms with E-state index < -0.39 is 27.2 Å². The zero-order chi connectivity index (χ0) is 19.6. The van der Waals surface area contributed by atoms with Gasteiger partial charge in [0, 0.05) is 12.7 Å². The highest BCUT2D eigenvalue weighted by molar-refractivity contribution is 7.92. The third kappa shape index (κ3) is 3.58. The first-order chi connectivity index (χ1) is 13.6. The Morgan fingerprint density at radius 1 is 0.929 bits per heavy atom. The van der Waals surface area contributed by atoms with Crippen LogP contribution in [0.25, 0.3) is 0 Å². The molecule has 0 amide bonds. The van der Waals surface area contributed by atoms with Gasteiger partial charge in [-0.25, -0.2) is 8.42 Å². The zero-order valence-corrected chi connectivity index (χ0v) is 16.4. The number of hydroxylamine groups is 2. The molecule has 1 aromatic heterocycles. The van der Waals surface area contributed by atoms with E-state index in [0.29, 0.717) is 17.1 Å². The summed E-state index contributed by atoms with van der Waals surface area (Å²) in [5.41, 5.74) is 1.74. The zero-order valence-electron chi connectivity index (χ0n) is 15.5. The molecule has 3 atom stereocenters. The molecule has 28 heavy (non-hydrogen) atoms. The minimum Gasteiger partial charge on any atom is -0.294 e. The molecule has 0 saturated carbocycles. The van der Waals surface area contributed by atoms with Crippen LogP contribution in [0.15, 0.2) is 90.0 Å². The van der Waals surface area contributed by atoms with Crippen molar-refractivity contribution in [2.75, 3.05) is 0 Å². The van der Waals surface area contributed by atoms with Gasteiger partial charge in [-0.15, -0.1) is 0 Å². The monoisotopic (exact) mass is 394 g/mol. The molecule has 0 unspecified atom stereocenters. The van der Waals surface area contributed by atoms with E-state index >= 15 is 0 Å². The lowest BCUT2D eigenvalue weighted by Gasteiger charge is -2.25. The molecule has 2 aromatic carbocycles. The molecule has 1 aliphatic heterocycles. The molecule has 0 radical (unpaired) electrons. The Balaban J connectivity index is 1.76. The molecule has 6 heteroatoms. The van der Waals surface area contributed by atoms with Gasteiger partial charge in [0.1, 0.15) is 5.25 Å². The van der Waals surface area contributed by atoms with Crippen LogP contribution < -0.4 is 0 Å². The van der Waals surface area contributed by atoms with Gasteiger partial charge >= 0.3 is 0 Å². The quantitative estimate of drug-likeness (QED) is 0.659. The highest BCUT2D eigenvalue weighted by Crippen LogP contribution is 2.40. The topological polar surface area (TPSA) is 59.5 Å². The van der Waals surface area contributed by atoms with Crippen molar-refractivity contribution in [1.29, 1.82) is 0 Å². The first-order valence-electron chi connectivity index (χ1n) is 9.24. The number of hydrogen-bond donors (Lipinski definition) is 0. The second-order valence-corrected chi connectivity index (χ2v) is 9.00. The summed E-state index contributed by atoms with van der Waals surface area (Å²) in [7, 11) is -3.62. The molecule has 144 valence electrons. The molecule has 1 saturated heterocycles. The fraction of sp³-hybridized carbons (Fsp3) is 0.227. The summed E-state index contributed by atoms with van der Waals surface area (Å²) in [6.07, 6.45) is 1.19. The van der Waals surface area contributed by atoms with Gasteiger partial charge < -0.3 is 0 Å². The number of pyridine rings is 1. The molecule has 5 nitrogen and oxygen atoms in total. The van der Waals surface area contributed by atoms with E-state index in [1.54, 1.807) is 35.5 Å². The van der Waals surface area contributed by atoms with E-state index in [1.807, 2.05) is 61.5 Å². The van der Waals surface area contributed by atoms with Gasteiger partial charge in [0.2, 0.25) is 0 Å². The highest BCUT2D eigenvalue weighted by atomic mass is 32.2. The minimum absolute atomic E-state index is 0.304. The molecule has 3 aromatic rings. The van der Waals surface area contributed by atoms with Crippen LogP contribution in [0.5, 0.6) is 0 Å². The maximum Gasteiger partial charge on any atom is 0.185 e. The predicted molar refractivity (Wildman–Crippen MR) is 107 cm³/mol. The fourth-order valence-corrected chi connectivity index (χ4v) is 5.73. The summed E-state index contributed by atoms with van der Waals surface area (Å²) in [6.45, 7) is 2.29. The molecule has 0 spiro atoms. The molecule has 1 fully saturated rings. The molecule has 4 rings (SSSR count). The number of hydrogen-bond acceptors (Lipinski definition) is 5. The van der Waals surface area contributed by atoms with Gasteiger partial charge in [-0.05, 0) is 36.8 Å². The van der Waals surface area contributed by atoms with Crippen LogP contribution in [-0.4, -0.2) is 29.8 Å². The van der Waals surface area contributed by atoms with Gasteiger partial charge in [0.15, 0.2) is 9.84 Å². The average molecular weight is 394 g/mol. The minimum atomic E-state index is -3.62. The number of rotatable bonds is 5. The second-order valence-electron chi connectivity index (χ2n) is 6.89. The molecular formula is C22H22N2O3S. The molecule has 2 heterocycles. The largest absolute Gasteiger partial charge is 0.294 e. The highest BCUT2D eigenvalue weighted by Gasteiger charge is 2.50. The first-order valence-corrected chi connectivity index (χ1v) is 10.8. The van der Waals surface area contributed by atoms with Crippen LogP contribution in [0.2, 0.25) is 0 Å². The van der Waals surface area contributed by atoms with Crippen molar-refractivity contribution < 1.29 is 13.3 Å². The van der Waals surface area contributed by atoms with Crippen molar-refractivity contribution in [2.24, 2.45) is 0 Å². The summed E-state index contributed by atoms with van der Waals surface area (Å²) in [6, 6.07) is 23.5. The van der Waals surface area contributed by atoms with Crippen LogP contribution >= 0.6 is 0 Å². The summed E-state index contributed by atoms with van der Waals surface area (Å²) >= 11 is 0. The average Bonchev–Trinajstić information content (AvgIpc) is 3.06. The second kappa shape index (κ2) is 7.83. The third-order valence-electron chi connectivity index (χ3n) is 4.99. The van der Waals surface area contributed by atoms with Crippen LogP contribution in [0.4, 0.5) is 0 Å². The smallest absolute Gasteiger partial charge is 0.185 e. The van der Waals surface area contributed by atoms with Crippen molar-refractivity contribution in [1.82, 2.24) is 10.0 Å². The van der Waals surface area contributed by atoms with Crippen molar-refractivity contribution in [3.05, 3.63) is 96.3 Å². The molecule has 1 aliphatic rings. The van der Waals surface area contributed by atoms with Crippen LogP contribution in [0, 0.1) is 0 Å². The van der Waals surface area contributed by atoms with Gasteiger partial charge in [0.05, 0.1) is 22.7 Å². The van der Waals surface area contributed by atoms with E-state index in [9.17, 15) is 8.42 Å². The van der Waals surface area contributed by atoms with Crippen molar-refractivity contribution in [2.45, 2.75) is 35.8 Å². The van der Waals surface area contributed by atoms with E-state index in [4.69, 9.17) is 4.84 Å². The number of aromatic nitrogens is 1. The summed E-state index contributed by atoms with van der Waals surface area (Å²) in [5, 5.41) is 1.00. The molecular weight excluding hydrogens is 372 g/mol. The van der Waals surface area contributed by atoms with Gasteiger partial charge in [-0.1, -0.05) is 54.6 Å². The van der Waals surface area contributed by atoms with Crippen LogP contribution in [-0.2, 0) is 21.2 Å². The van der Waals surface area contributed by atoms with Crippen molar-refractivity contribution >= 4 is 9.84 Å². The Hall–Kier alpha value is -2.54. The Labute approximate surface area is 165 Å². The van der Waals surface area contributed by atoms with Crippen molar-refractivity contribution in [3.63, 3.8) is 0 Å². The lowest BCUT2D eigenvalue weighted by atomic mass is 10.1. The van der Waals surface area contributed by atoms with Crippen LogP contribution in [0.3, 0.4) is 0 Å². The van der Waals surface area contributed by atoms with Gasteiger partial charge in [-0.3, -0.25) is 9.82 Å². The van der Waals surface area contributed by atoms with Gasteiger partial charge in [-0.2, -0.15) is 5.06 Å². The van der Waals surface area contributed by atoms with E-state index in [2.05, 4.69) is 4.98 Å². The molecule has 0 bridgehead atoms. The Morgan fingerprint density at radius 2 is 1.57 bits per heavy atom. The number of nitrogens with zero attached hydrogens (tertiary/aromatic N) is 2. The molecule has 0 N–H and O–H groups in total. The maximum atomic E-state index is 13.5. The molecule has 0 aliphatic carbocycles. The predicted octanol–water partition coefficient (Wildman–Crippen LogP) is 3.80. The van der Waals surface area contributed by atoms with Gasteiger partial charge in [0.25, 0.3) is 0 Å². The lowest BCUT2D eigenvalue weighted by molar-refractivity contribution is -0.166. The van der Waals surface area contributed by atoms with E-state index in [-0.39, 0.29) is 0 Å². The normalized spacial score (nSPS) is 23.0. The Kier molecular flexibility index (Phi) is 5.26. The first kappa shape index (κ1) is 18.8. The maximum absolute atomic E-state index is 13.5. The van der Waals surface area contributed by atoms with Crippen molar-refractivity contribution in [3.8, 4) is 0 Å². The summed E-state index contributed by atoms with van der Waals surface area (Å²) in [4.78, 5) is 10.8. The number of benzene rings is 2. The standard InChI is InChI=1S/C22H22N2O3S/c1-17-22(28(25,26)19-12-6-3-7-13-19)21(20-14-8-9-15-23-20)24(27-17)16-18-10-4-2-5-11-18/h2-15,17,21-22H,16H2,1H3/t17-,21+,22-/m1/s1. The summed E-state index contributed by atoms with van der Waals surface area (Å²) in [5.74, 6) is 0.